The molecule has 0 unspecified atom stereocenters. The van der Waals surface area contributed by atoms with Crippen LogP contribution in [-0.2, 0) is 29.3 Å². The van der Waals surface area contributed by atoms with E-state index < -0.39 is 41.0 Å². The molecule has 13 nitrogen and oxygen atoms in total. The van der Waals surface area contributed by atoms with Gasteiger partial charge in [0.1, 0.15) is 23.4 Å². The molecular formula is C36H41N5O8. The highest BCUT2D eigenvalue weighted by Gasteiger charge is 2.54. The SMILES string of the molecule is COC1(OC)C=CC(C(OC[C@H]2O[C@@H](n3cnc4c(=O)[nH]c(NC(=O)C(C)C)nc43)[C@](C)(O)[C@@H]2O)(c2ccccc2)c2ccccc2)=CC1. The number of benzene rings is 2. The van der Waals surface area contributed by atoms with Crippen LogP contribution in [0.5, 0.6) is 0 Å². The first-order valence-corrected chi connectivity index (χ1v) is 16.0. The van der Waals surface area contributed by atoms with Gasteiger partial charge in [0, 0.05) is 26.6 Å². The molecule has 4 aromatic rings. The zero-order chi connectivity index (χ0) is 35.0. The molecule has 2 aliphatic rings. The van der Waals surface area contributed by atoms with Crippen LogP contribution >= 0.6 is 0 Å². The summed E-state index contributed by atoms with van der Waals surface area (Å²) >= 11 is 0. The van der Waals surface area contributed by atoms with Crippen LogP contribution in [-0.4, -0.2) is 80.1 Å². The van der Waals surface area contributed by atoms with Gasteiger partial charge >= 0.3 is 0 Å². The quantitative estimate of drug-likeness (QED) is 0.173. The van der Waals surface area contributed by atoms with Crippen LogP contribution in [0.25, 0.3) is 11.2 Å². The van der Waals surface area contributed by atoms with E-state index in [-0.39, 0.29) is 35.5 Å². The van der Waals surface area contributed by atoms with E-state index in [9.17, 15) is 19.8 Å². The molecule has 0 saturated carbocycles. The van der Waals surface area contributed by atoms with Crippen molar-refractivity contribution in [2.24, 2.45) is 5.92 Å². The number of fused-ring (bicyclic) bond motifs is 1. The van der Waals surface area contributed by atoms with Gasteiger partial charge in [-0.05, 0) is 29.7 Å². The van der Waals surface area contributed by atoms with Crippen LogP contribution in [0.2, 0.25) is 0 Å². The lowest BCUT2D eigenvalue weighted by atomic mass is 9.77. The molecule has 1 saturated heterocycles. The van der Waals surface area contributed by atoms with Crippen molar-refractivity contribution >= 4 is 23.0 Å². The number of nitrogens with zero attached hydrogens (tertiary/aromatic N) is 3. The van der Waals surface area contributed by atoms with E-state index in [2.05, 4.69) is 20.3 Å². The molecular weight excluding hydrogens is 630 g/mol. The number of carbonyl (C=O) groups excluding carboxylic acids is 1. The number of aromatic amines is 1. The van der Waals surface area contributed by atoms with E-state index in [1.807, 2.05) is 78.9 Å². The normalized spacial score (nSPS) is 23.6. The lowest BCUT2D eigenvalue weighted by molar-refractivity contribution is -0.168. The highest BCUT2D eigenvalue weighted by molar-refractivity contribution is 5.91. The van der Waals surface area contributed by atoms with E-state index in [1.54, 1.807) is 28.1 Å². The van der Waals surface area contributed by atoms with Crippen LogP contribution in [0.3, 0.4) is 0 Å². The van der Waals surface area contributed by atoms with Crippen molar-refractivity contribution in [3.05, 3.63) is 112 Å². The summed E-state index contributed by atoms with van der Waals surface area (Å²) in [6.45, 7) is 4.70. The smallest absolute Gasteiger partial charge is 0.280 e. The molecule has 258 valence electrons. The number of nitrogens with one attached hydrogen (secondary N) is 2. The molecule has 4 N–H and O–H groups in total. The Balaban J connectivity index is 1.37. The topological polar surface area (TPSA) is 170 Å². The minimum atomic E-state index is -1.87. The van der Waals surface area contributed by atoms with E-state index in [1.165, 1.54) is 17.8 Å². The predicted molar refractivity (Wildman–Crippen MR) is 180 cm³/mol. The van der Waals surface area contributed by atoms with Crippen molar-refractivity contribution < 1.29 is 34.0 Å². The number of H-pyrrole nitrogens is 1. The average Bonchev–Trinajstić information content (AvgIpc) is 3.63. The third-order valence-corrected chi connectivity index (χ3v) is 9.25. The van der Waals surface area contributed by atoms with Gasteiger partial charge in [-0.25, -0.2) is 4.98 Å². The standard InChI is InChI=1S/C36H41N5O8/c1-22(2)30(43)39-33-38-29-27(31(44)40-33)37-21-41(29)32-34(3,45)28(42)26(49-32)20-48-36(23-12-8-6-9-13-23,24-14-10-7-11-15-24)25-16-18-35(46-4,47-5)19-17-25/h6-18,21-22,26,28,32,42,45H,19-20H2,1-5H3,(H2,38,39,40,43,44)/t26-,28-,32-,34-/m1/s1. The molecule has 0 spiro atoms. The van der Waals surface area contributed by atoms with Crippen molar-refractivity contribution in [2.45, 2.75) is 62.6 Å². The fraction of sp³-hybridized carbons (Fsp3) is 0.389. The molecule has 1 amide bonds. The van der Waals surface area contributed by atoms with Crippen molar-refractivity contribution in [3.8, 4) is 0 Å². The zero-order valence-corrected chi connectivity index (χ0v) is 28.0. The number of hydrogen-bond donors (Lipinski definition) is 4. The van der Waals surface area contributed by atoms with Gasteiger partial charge in [0.25, 0.3) is 5.56 Å². The molecule has 0 bridgehead atoms. The summed E-state index contributed by atoms with van der Waals surface area (Å²) in [6.07, 6.45) is 3.82. The van der Waals surface area contributed by atoms with Gasteiger partial charge in [-0.2, -0.15) is 4.98 Å². The second-order valence-corrected chi connectivity index (χ2v) is 12.7. The zero-order valence-electron chi connectivity index (χ0n) is 28.0. The summed E-state index contributed by atoms with van der Waals surface area (Å²) in [7, 11) is 3.17. The van der Waals surface area contributed by atoms with E-state index in [4.69, 9.17) is 18.9 Å². The number of methoxy groups -OCH3 is 2. The van der Waals surface area contributed by atoms with Gasteiger partial charge in [0.15, 0.2) is 23.2 Å². The van der Waals surface area contributed by atoms with E-state index in [0.29, 0.717) is 6.42 Å². The molecule has 2 aromatic heterocycles. The van der Waals surface area contributed by atoms with Crippen LogP contribution < -0.4 is 10.9 Å². The molecule has 1 fully saturated rings. The first-order chi connectivity index (χ1) is 23.5. The molecule has 4 atom stereocenters. The van der Waals surface area contributed by atoms with Crippen molar-refractivity contribution in [3.63, 3.8) is 0 Å². The molecule has 6 rings (SSSR count). The highest BCUT2D eigenvalue weighted by Crippen LogP contribution is 2.46. The average molecular weight is 672 g/mol. The van der Waals surface area contributed by atoms with Gasteiger partial charge in [-0.15, -0.1) is 0 Å². The largest absolute Gasteiger partial charge is 0.387 e. The van der Waals surface area contributed by atoms with Gasteiger partial charge in [-0.3, -0.25) is 24.5 Å². The highest BCUT2D eigenvalue weighted by atomic mass is 16.7. The summed E-state index contributed by atoms with van der Waals surface area (Å²) in [5, 5.41) is 25.8. The number of rotatable bonds is 11. The van der Waals surface area contributed by atoms with Gasteiger partial charge in [0.05, 0.1) is 12.9 Å². The third-order valence-electron chi connectivity index (χ3n) is 9.25. The third kappa shape index (κ3) is 6.14. The Morgan fingerprint density at radius 3 is 2.31 bits per heavy atom. The number of amides is 1. The second-order valence-electron chi connectivity index (χ2n) is 12.7. The Labute approximate surface area is 283 Å². The maximum atomic E-state index is 12.9. The Morgan fingerprint density at radius 2 is 1.76 bits per heavy atom. The van der Waals surface area contributed by atoms with E-state index >= 15 is 0 Å². The van der Waals surface area contributed by atoms with Gasteiger partial charge in [-0.1, -0.05) is 86.7 Å². The van der Waals surface area contributed by atoms with Crippen molar-refractivity contribution in [1.82, 2.24) is 19.5 Å². The lowest BCUT2D eigenvalue weighted by Crippen LogP contribution is -2.45. The number of aliphatic hydroxyl groups is 2. The maximum Gasteiger partial charge on any atom is 0.280 e. The minimum Gasteiger partial charge on any atom is -0.387 e. The number of imidazole rings is 1. The Hall–Kier alpha value is -4.50. The van der Waals surface area contributed by atoms with Gasteiger partial charge < -0.3 is 29.2 Å². The van der Waals surface area contributed by atoms with Crippen LogP contribution in [0.4, 0.5) is 5.95 Å². The molecule has 2 aromatic carbocycles. The first kappa shape index (κ1) is 34.4. The van der Waals surface area contributed by atoms with Crippen LogP contribution in [0.15, 0.2) is 95.6 Å². The molecule has 3 heterocycles. The molecule has 49 heavy (non-hydrogen) atoms. The number of aromatic nitrogens is 4. The first-order valence-electron chi connectivity index (χ1n) is 16.0. The molecule has 0 radical (unpaired) electrons. The number of hydrogen-bond acceptors (Lipinski definition) is 10. The predicted octanol–water partition coefficient (Wildman–Crippen LogP) is 3.56. The molecule has 13 heteroatoms. The fourth-order valence-electron chi connectivity index (χ4n) is 6.35. The van der Waals surface area contributed by atoms with Gasteiger partial charge in [0.2, 0.25) is 11.9 Å². The maximum absolute atomic E-state index is 12.9. The summed E-state index contributed by atoms with van der Waals surface area (Å²) in [4.78, 5) is 36.3. The van der Waals surface area contributed by atoms with Crippen molar-refractivity contribution in [2.75, 3.05) is 26.1 Å². The fourth-order valence-corrected chi connectivity index (χ4v) is 6.35. The Morgan fingerprint density at radius 1 is 1.12 bits per heavy atom. The summed E-state index contributed by atoms with van der Waals surface area (Å²) in [5.74, 6) is -1.71. The van der Waals surface area contributed by atoms with Crippen LogP contribution in [0, 0.1) is 5.92 Å². The lowest BCUT2D eigenvalue weighted by Gasteiger charge is -2.40. The number of ether oxygens (including phenoxy) is 4. The Bertz CT molecular complexity index is 1870. The van der Waals surface area contributed by atoms with Crippen LogP contribution in [0.1, 0.15) is 44.5 Å². The molecule has 1 aliphatic heterocycles. The monoisotopic (exact) mass is 671 g/mol. The minimum absolute atomic E-state index is 0.0254. The second kappa shape index (κ2) is 13.4. The summed E-state index contributed by atoms with van der Waals surface area (Å²) < 4.78 is 26.0. The van der Waals surface area contributed by atoms with Crippen molar-refractivity contribution in [1.29, 1.82) is 0 Å². The Kier molecular flexibility index (Phi) is 9.42. The summed E-state index contributed by atoms with van der Waals surface area (Å²) in [6, 6.07) is 19.4. The molecule has 1 aliphatic carbocycles. The number of carbonyl (C=O) groups is 1. The number of anilines is 1. The summed E-state index contributed by atoms with van der Waals surface area (Å²) in [5.41, 5.74) is -1.12. The van der Waals surface area contributed by atoms with E-state index in [0.717, 1.165) is 16.7 Å². The number of aliphatic hydroxyl groups excluding tert-OH is 1.